The minimum atomic E-state index is 0.351. The maximum absolute atomic E-state index is 5.92. The number of nitrogens with zero attached hydrogens (tertiary/aromatic N) is 1. The second-order valence-corrected chi connectivity index (χ2v) is 5.07. The number of para-hydroxylation sites is 1. The monoisotopic (exact) mass is 264 g/mol. The van der Waals surface area contributed by atoms with Crippen LogP contribution < -0.4 is 5.73 Å². The van der Waals surface area contributed by atoms with Gasteiger partial charge in [-0.2, -0.15) is 0 Å². The minimum Gasteiger partial charge on any atom is -0.346 e. The van der Waals surface area contributed by atoms with Crippen molar-refractivity contribution in [2.45, 2.75) is 18.4 Å². The third-order valence-corrected chi connectivity index (χ3v) is 4.11. The number of halogens is 1. The Bertz CT molecular complexity index is 491. The lowest BCUT2D eigenvalue weighted by Gasteiger charge is -2.02. The fourth-order valence-electron chi connectivity index (χ4n) is 2.31. The van der Waals surface area contributed by atoms with Crippen LogP contribution in [0.5, 0.6) is 0 Å². The molecule has 0 amide bonds. The molecule has 2 nitrogen and oxygen atoms in total. The molecule has 0 saturated heterocycles. The molecule has 2 atom stereocenters. The van der Waals surface area contributed by atoms with Crippen molar-refractivity contribution in [1.82, 2.24) is 4.57 Å². The van der Waals surface area contributed by atoms with Crippen molar-refractivity contribution in [1.29, 1.82) is 0 Å². The van der Waals surface area contributed by atoms with Crippen LogP contribution in [0.1, 0.15) is 18.0 Å². The van der Waals surface area contributed by atoms with Crippen LogP contribution in [0.25, 0.3) is 10.9 Å². The number of hydrogen-bond donors (Lipinski definition) is 1. The zero-order valence-electron chi connectivity index (χ0n) is 8.57. The summed E-state index contributed by atoms with van der Waals surface area (Å²) >= 11 is 3.69. The average Bonchev–Trinajstić information content (AvgIpc) is 2.89. The maximum Gasteiger partial charge on any atom is 0.0491 e. The summed E-state index contributed by atoms with van der Waals surface area (Å²) in [7, 11) is 2.12. The van der Waals surface area contributed by atoms with Crippen molar-refractivity contribution in [2.75, 3.05) is 0 Å². The van der Waals surface area contributed by atoms with E-state index in [0.29, 0.717) is 12.0 Å². The lowest BCUT2D eigenvalue weighted by molar-refractivity contribution is 0.831. The largest absolute Gasteiger partial charge is 0.346 e. The van der Waals surface area contributed by atoms with Gasteiger partial charge in [-0.1, -0.05) is 18.2 Å². The second-order valence-electron chi connectivity index (χ2n) is 4.28. The molecule has 2 aromatic rings. The third kappa shape index (κ3) is 1.26. The van der Waals surface area contributed by atoms with Crippen LogP contribution in [0.3, 0.4) is 0 Å². The number of fused-ring (bicyclic) bond motifs is 1. The Morgan fingerprint density at radius 3 is 2.67 bits per heavy atom. The molecule has 1 aliphatic carbocycles. The second kappa shape index (κ2) is 3.09. The molecule has 1 aromatic heterocycles. The van der Waals surface area contributed by atoms with Gasteiger partial charge in [-0.25, -0.2) is 0 Å². The van der Waals surface area contributed by atoms with E-state index in [1.807, 2.05) is 0 Å². The first kappa shape index (κ1) is 9.43. The molecule has 3 rings (SSSR count). The highest BCUT2D eigenvalue weighted by Crippen LogP contribution is 2.45. The molecule has 2 unspecified atom stereocenters. The topological polar surface area (TPSA) is 30.9 Å². The Balaban J connectivity index is 2.30. The van der Waals surface area contributed by atoms with Crippen LogP contribution in [0, 0.1) is 0 Å². The van der Waals surface area contributed by atoms with Gasteiger partial charge < -0.3 is 10.3 Å². The minimum absolute atomic E-state index is 0.351. The van der Waals surface area contributed by atoms with Gasteiger partial charge in [0.2, 0.25) is 0 Å². The number of nitrogens with two attached hydrogens (primary N) is 1. The summed E-state index contributed by atoms with van der Waals surface area (Å²) in [6.07, 6.45) is 1.11. The van der Waals surface area contributed by atoms with Crippen LogP contribution in [-0.2, 0) is 7.05 Å². The summed E-state index contributed by atoms with van der Waals surface area (Å²) in [5.74, 6) is 0.539. The molecule has 0 spiro atoms. The van der Waals surface area contributed by atoms with Gasteiger partial charge in [0.1, 0.15) is 0 Å². The van der Waals surface area contributed by atoms with Crippen LogP contribution in [0.2, 0.25) is 0 Å². The zero-order chi connectivity index (χ0) is 10.6. The molecule has 0 aliphatic heterocycles. The van der Waals surface area contributed by atoms with Crippen LogP contribution in [0.15, 0.2) is 28.7 Å². The van der Waals surface area contributed by atoms with Crippen LogP contribution in [0.4, 0.5) is 0 Å². The van der Waals surface area contributed by atoms with Crippen molar-refractivity contribution in [2.24, 2.45) is 12.8 Å². The van der Waals surface area contributed by atoms with Gasteiger partial charge >= 0.3 is 0 Å². The van der Waals surface area contributed by atoms with Crippen molar-refractivity contribution < 1.29 is 0 Å². The molecular formula is C12H13BrN2. The Morgan fingerprint density at radius 1 is 1.40 bits per heavy atom. The van der Waals surface area contributed by atoms with Crippen LogP contribution in [-0.4, -0.2) is 10.6 Å². The van der Waals surface area contributed by atoms with E-state index in [1.165, 1.54) is 21.1 Å². The van der Waals surface area contributed by atoms with E-state index < -0.39 is 0 Å². The molecule has 1 fully saturated rings. The van der Waals surface area contributed by atoms with E-state index in [1.54, 1.807) is 0 Å². The van der Waals surface area contributed by atoms with Gasteiger partial charge in [-0.3, -0.25) is 0 Å². The van der Waals surface area contributed by atoms with E-state index >= 15 is 0 Å². The van der Waals surface area contributed by atoms with Gasteiger partial charge in [0.05, 0.1) is 0 Å². The normalized spacial score (nSPS) is 24.7. The third-order valence-electron chi connectivity index (χ3n) is 3.28. The molecule has 78 valence electrons. The van der Waals surface area contributed by atoms with E-state index in [9.17, 15) is 0 Å². The Morgan fingerprint density at radius 2 is 2.07 bits per heavy atom. The Labute approximate surface area is 97.2 Å². The fraction of sp³-hybridized carbons (Fsp3) is 0.333. The molecule has 15 heavy (non-hydrogen) atoms. The molecule has 1 aromatic carbocycles. The summed E-state index contributed by atoms with van der Waals surface area (Å²) in [5.41, 5.74) is 8.55. The Kier molecular flexibility index (Phi) is 1.94. The predicted molar refractivity (Wildman–Crippen MR) is 66.0 cm³/mol. The van der Waals surface area contributed by atoms with Crippen molar-refractivity contribution in [3.8, 4) is 0 Å². The van der Waals surface area contributed by atoms with E-state index in [2.05, 4.69) is 51.8 Å². The Hall–Kier alpha value is -0.800. The van der Waals surface area contributed by atoms with Gasteiger partial charge in [-0.05, 0) is 28.4 Å². The molecule has 1 aliphatic rings. The molecule has 0 radical (unpaired) electrons. The summed E-state index contributed by atoms with van der Waals surface area (Å²) in [5, 5.41) is 1.29. The van der Waals surface area contributed by atoms with Crippen molar-refractivity contribution >= 4 is 26.8 Å². The van der Waals surface area contributed by atoms with E-state index in [-0.39, 0.29) is 0 Å². The first-order valence-electron chi connectivity index (χ1n) is 5.18. The molecular weight excluding hydrogens is 252 g/mol. The quantitative estimate of drug-likeness (QED) is 0.844. The van der Waals surface area contributed by atoms with E-state index in [4.69, 9.17) is 5.73 Å². The molecule has 1 saturated carbocycles. The summed E-state index contributed by atoms with van der Waals surface area (Å²) < 4.78 is 3.48. The molecule has 0 bridgehead atoms. The first-order valence-corrected chi connectivity index (χ1v) is 5.98. The molecule has 1 heterocycles. The SMILES string of the molecule is Cn1c(C2CC2N)c(Br)c2ccccc21. The van der Waals surface area contributed by atoms with Gasteiger partial charge in [0, 0.05) is 40.1 Å². The smallest absolute Gasteiger partial charge is 0.0491 e. The van der Waals surface area contributed by atoms with Gasteiger partial charge in [0.25, 0.3) is 0 Å². The number of benzene rings is 1. The summed E-state index contributed by atoms with van der Waals surface area (Å²) in [6.45, 7) is 0. The van der Waals surface area contributed by atoms with Crippen LogP contribution >= 0.6 is 15.9 Å². The van der Waals surface area contributed by atoms with Crippen molar-refractivity contribution in [3.63, 3.8) is 0 Å². The maximum atomic E-state index is 5.92. The zero-order valence-corrected chi connectivity index (χ0v) is 10.2. The molecule has 2 N–H and O–H groups in total. The first-order chi connectivity index (χ1) is 7.20. The van der Waals surface area contributed by atoms with Gasteiger partial charge in [0.15, 0.2) is 0 Å². The highest BCUT2D eigenvalue weighted by Gasteiger charge is 2.38. The standard InChI is InChI=1S/C12H13BrN2/c1-15-10-5-3-2-4-7(10)11(13)12(15)8-6-9(8)14/h2-5,8-9H,6,14H2,1H3. The lowest BCUT2D eigenvalue weighted by atomic mass is 10.2. The number of rotatable bonds is 1. The molecule has 3 heteroatoms. The van der Waals surface area contributed by atoms with E-state index in [0.717, 1.165) is 6.42 Å². The summed E-state index contributed by atoms with van der Waals surface area (Å²) in [4.78, 5) is 0. The highest BCUT2D eigenvalue weighted by molar-refractivity contribution is 9.10. The van der Waals surface area contributed by atoms with Crippen molar-refractivity contribution in [3.05, 3.63) is 34.4 Å². The average molecular weight is 265 g/mol. The van der Waals surface area contributed by atoms with Gasteiger partial charge in [-0.15, -0.1) is 0 Å². The number of aromatic nitrogens is 1. The number of hydrogen-bond acceptors (Lipinski definition) is 1. The fourth-order valence-corrected chi connectivity index (χ4v) is 3.20. The number of aryl methyl sites for hydroxylation is 1. The highest BCUT2D eigenvalue weighted by atomic mass is 79.9. The predicted octanol–water partition coefficient (Wildman–Crippen LogP) is 2.76. The summed E-state index contributed by atoms with van der Waals surface area (Å²) in [6, 6.07) is 8.80. The lowest BCUT2D eigenvalue weighted by Crippen LogP contribution is -2.04.